The molecule has 1 aliphatic rings. The van der Waals surface area contributed by atoms with E-state index in [1.54, 1.807) is 6.07 Å². The van der Waals surface area contributed by atoms with Crippen LogP contribution in [-0.2, 0) is 6.54 Å². The average molecular weight is 254 g/mol. The van der Waals surface area contributed by atoms with Crippen LogP contribution in [0, 0.1) is 5.41 Å². The second-order valence-corrected chi connectivity index (χ2v) is 6.17. The van der Waals surface area contributed by atoms with Gasteiger partial charge in [0, 0.05) is 13.1 Å². The van der Waals surface area contributed by atoms with E-state index in [4.69, 9.17) is 11.6 Å². The second-order valence-electron chi connectivity index (χ2n) is 5.76. The molecule has 0 spiro atoms. The molecule has 2 rings (SSSR count). The summed E-state index contributed by atoms with van der Waals surface area (Å²) in [7, 11) is 0. The molecule has 1 N–H and O–H groups in total. The van der Waals surface area contributed by atoms with Gasteiger partial charge < -0.3 is 5.11 Å². The number of phenols is 1. The van der Waals surface area contributed by atoms with Gasteiger partial charge in [0.05, 0.1) is 5.02 Å². The number of rotatable bonds is 2. The van der Waals surface area contributed by atoms with Crippen LogP contribution in [0.1, 0.15) is 32.3 Å². The van der Waals surface area contributed by atoms with Crippen LogP contribution < -0.4 is 0 Å². The Morgan fingerprint density at radius 2 is 2.18 bits per heavy atom. The van der Waals surface area contributed by atoms with E-state index in [1.807, 2.05) is 12.1 Å². The van der Waals surface area contributed by atoms with Gasteiger partial charge in [0.25, 0.3) is 0 Å². The van der Waals surface area contributed by atoms with Gasteiger partial charge in [-0.2, -0.15) is 0 Å². The van der Waals surface area contributed by atoms with E-state index in [9.17, 15) is 5.11 Å². The summed E-state index contributed by atoms with van der Waals surface area (Å²) in [4.78, 5) is 2.46. The number of hydrogen-bond donors (Lipinski definition) is 1. The molecular weight excluding hydrogens is 234 g/mol. The van der Waals surface area contributed by atoms with Gasteiger partial charge in [0.15, 0.2) is 0 Å². The van der Waals surface area contributed by atoms with Crippen molar-refractivity contribution in [3.05, 3.63) is 28.8 Å². The number of hydrogen-bond acceptors (Lipinski definition) is 2. The van der Waals surface area contributed by atoms with E-state index in [1.165, 1.54) is 18.4 Å². The fourth-order valence-electron chi connectivity index (χ4n) is 2.59. The molecule has 0 radical (unpaired) electrons. The highest BCUT2D eigenvalue weighted by Crippen LogP contribution is 2.30. The zero-order chi connectivity index (χ0) is 12.5. The molecule has 1 saturated heterocycles. The van der Waals surface area contributed by atoms with Crippen molar-refractivity contribution in [3.63, 3.8) is 0 Å². The van der Waals surface area contributed by atoms with Gasteiger partial charge in [-0.25, -0.2) is 0 Å². The number of likely N-dealkylation sites (tertiary alicyclic amines) is 1. The summed E-state index contributed by atoms with van der Waals surface area (Å²) in [5.74, 6) is 0.161. The van der Waals surface area contributed by atoms with Gasteiger partial charge in [0.2, 0.25) is 0 Å². The van der Waals surface area contributed by atoms with Crippen LogP contribution in [0.15, 0.2) is 18.2 Å². The first-order valence-electron chi connectivity index (χ1n) is 6.16. The van der Waals surface area contributed by atoms with Gasteiger partial charge in [-0.15, -0.1) is 0 Å². The maximum atomic E-state index is 9.39. The summed E-state index contributed by atoms with van der Waals surface area (Å²) in [6, 6.07) is 5.48. The molecule has 0 amide bonds. The Morgan fingerprint density at radius 3 is 2.82 bits per heavy atom. The van der Waals surface area contributed by atoms with E-state index >= 15 is 0 Å². The maximum Gasteiger partial charge on any atom is 0.134 e. The molecule has 2 nitrogen and oxygen atoms in total. The molecule has 0 unspecified atom stereocenters. The van der Waals surface area contributed by atoms with E-state index in [0.717, 1.165) is 19.6 Å². The molecule has 3 heteroatoms. The van der Waals surface area contributed by atoms with Crippen molar-refractivity contribution in [1.29, 1.82) is 0 Å². The topological polar surface area (TPSA) is 23.5 Å². The third kappa shape index (κ3) is 3.36. The molecule has 1 heterocycles. The van der Waals surface area contributed by atoms with Crippen molar-refractivity contribution in [3.8, 4) is 5.75 Å². The monoisotopic (exact) mass is 253 g/mol. The zero-order valence-electron chi connectivity index (χ0n) is 10.5. The first kappa shape index (κ1) is 12.7. The molecule has 17 heavy (non-hydrogen) atoms. The van der Waals surface area contributed by atoms with Crippen molar-refractivity contribution in [1.82, 2.24) is 4.90 Å². The summed E-state index contributed by atoms with van der Waals surface area (Å²) in [5.41, 5.74) is 1.59. The largest absolute Gasteiger partial charge is 0.506 e. The highest BCUT2D eigenvalue weighted by Gasteiger charge is 2.26. The van der Waals surface area contributed by atoms with Crippen molar-refractivity contribution < 1.29 is 5.11 Å². The van der Waals surface area contributed by atoms with Crippen LogP contribution in [-0.4, -0.2) is 23.1 Å². The molecule has 1 aromatic carbocycles. The van der Waals surface area contributed by atoms with Crippen LogP contribution in [0.5, 0.6) is 5.75 Å². The fourth-order valence-corrected chi connectivity index (χ4v) is 2.79. The molecule has 0 bridgehead atoms. The van der Waals surface area contributed by atoms with Crippen LogP contribution in [0.25, 0.3) is 0 Å². The van der Waals surface area contributed by atoms with E-state index < -0.39 is 0 Å². The number of phenolic OH excluding ortho intramolecular Hbond substituents is 1. The first-order chi connectivity index (χ1) is 7.96. The molecule has 1 fully saturated rings. The van der Waals surface area contributed by atoms with Crippen molar-refractivity contribution in [2.45, 2.75) is 33.2 Å². The Balaban J connectivity index is 2.03. The number of nitrogens with zero attached hydrogens (tertiary/aromatic N) is 1. The molecule has 0 aliphatic carbocycles. The van der Waals surface area contributed by atoms with Crippen molar-refractivity contribution >= 4 is 11.6 Å². The number of benzene rings is 1. The Kier molecular flexibility index (Phi) is 3.64. The van der Waals surface area contributed by atoms with Crippen LogP contribution in [0.2, 0.25) is 5.02 Å². The molecule has 1 aromatic rings. The molecular formula is C14H20ClNO. The smallest absolute Gasteiger partial charge is 0.134 e. The summed E-state index contributed by atoms with van der Waals surface area (Å²) in [6.07, 6.45) is 2.57. The van der Waals surface area contributed by atoms with E-state index in [2.05, 4.69) is 18.7 Å². The SMILES string of the molecule is CC1(C)CCCN(Cc2ccc(O)c(Cl)c2)C1. The zero-order valence-corrected chi connectivity index (χ0v) is 11.3. The summed E-state index contributed by atoms with van der Waals surface area (Å²) in [5, 5.41) is 9.83. The Bertz CT molecular complexity index is 403. The van der Waals surface area contributed by atoms with Gasteiger partial charge in [-0.1, -0.05) is 31.5 Å². The quantitative estimate of drug-likeness (QED) is 0.869. The Labute approximate surface area is 108 Å². The molecule has 1 aliphatic heterocycles. The minimum absolute atomic E-state index is 0.161. The third-order valence-electron chi connectivity index (χ3n) is 3.40. The minimum Gasteiger partial charge on any atom is -0.506 e. The summed E-state index contributed by atoms with van der Waals surface area (Å²) in [6.45, 7) is 7.85. The van der Waals surface area contributed by atoms with Gasteiger partial charge in [-0.3, -0.25) is 4.90 Å². The van der Waals surface area contributed by atoms with Crippen molar-refractivity contribution in [2.75, 3.05) is 13.1 Å². The number of aromatic hydroxyl groups is 1. The maximum absolute atomic E-state index is 9.39. The van der Waals surface area contributed by atoms with Crippen molar-refractivity contribution in [2.24, 2.45) is 5.41 Å². The van der Waals surface area contributed by atoms with Gasteiger partial charge in [-0.05, 0) is 42.5 Å². The Hall–Kier alpha value is -0.730. The predicted molar refractivity (Wildman–Crippen MR) is 71.4 cm³/mol. The molecule has 0 saturated carbocycles. The number of piperidine rings is 1. The van der Waals surface area contributed by atoms with Gasteiger partial charge in [0.1, 0.15) is 5.75 Å². The number of halogens is 1. The lowest BCUT2D eigenvalue weighted by Gasteiger charge is -2.38. The van der Waals surface area contributed by atoms with E-state index in [-0.39, 0.29) is 5.75 Å². The molecule has 0 atom stereocenters. The molecule has 0 aromatic heterocycles. The van der Waals surface area contributed by atoms with Crippen LogP contribution in [0.4, 0.5) is 0 Å². The standard InChI is InChI=1S/C14H20ClNO/c1-14(2)6-3-7-16(10-14)9-11-4-5-13(17)12(15)8-11/h4-5,8,17H,3,6-7,9-10H2,1-2H3. The van der Waals surface area contributed by atoms with Gasteiger partial charge >= 0.3 is 0 Å². The molecule has 94 valence electrons. The lowest BCUT2D eigenvalue weighted by molar-refractivity contribution is 0.111. The summed E-state index contributed by atoms with van der Waals surface area (Å²) < 4.78 is 0. The normalized spacial score (nSPS) is 20.4. The van der Waals surface area contributed by atoms with E-state index in [0.29, 0.717) is 10.4 Å². The first-order valence-corrected chi connectivity index (χ1v) is 6.54. The highest BCUT2D eigenvalue weighted by atomic mass is 35.5. The predicted octanol–water partition coefficient (Wildman–Crippen LogP) is 3.67. The second kappa shape index (κ2) is 4.87. The lowest BCUT2D eigenvalue weighted by Crippen LogP contribution is -2.39. The van der Waals surface area contributed by atoms with Crippen LogP contribution >= 0.6 is 11.6 Å². The van der Waals surface area contributed by atoms with Crippen LogP contribution in [0.3, 0.4) is 0 Å². The lowest BCUT2D eigenvalue weighted by atomic mass is 9.84. The minimum atomic E-state index is 0.161. The average Bonchev–Trinajstić information content (AvgIpc) is 2.22. The summed E-state index contributed by atoms with van der Waals surface area (Å²) >= 11 is 5.92. The fraction of sp³-hybridized carbons (Fsp3) is 0.571. The highest BCUT2D eigenvalue weighted by molar-refractivity contribution is 6.32. The third-order valence-corrected chi connectivity index (χ3v) is 3.70. The Morgan fingerprint density at radius 1 is 1.41 bits per heavy atom.